The van der Waals surface area contributed by atoms with E-state index in [0.717, 1.165) is 31.4 Å². The fourth-order valence-electron chi connectivity index (χ4n) is 2.78. The molecule has 0 amide bonds. The second-order valence-corrected chi connectivity index (χ2v) is 6.75. The SMILES string of the molecule is Cc1ccc(-n2nnn(CN3CCC(C)CC3)c2=S)cc1C. The van der Waals surface area contributed by atoms with Crippen LogP contribution < -0.4 is 0 Å². The second-order valence-electron chi connectivity index (χ2n) is 6.38. The van der Waals surface area contributed by atoms with Crippen LogP contribution in [0.5, 0.6) is 0 Å². The molecule has 6 heteroatoms. The lowest BCUT2D eigenvalue weighted by Crippen LogP contribution is -2.34. The van der Waals surface area contributed by atoms with E-state index >= 15 is 0 Å². The maximum Gasteiger partial charge on any atom is 0.221 e. The fraction of sp³-hybridized carbons (Fsp3) is 0.562. The van der Waals surface area contributed by atoms with E-state index in [1.54, 1.807) is 4.68 Å². The largest absolute Gasteiger partial charge is 0.284 e. The zero-order valence-corrected chi connectivity index (χ0v) is 14.3. The van der Waals surface area contributed by atoms with E-state index in [9.17, 15) is 0 Å². The molecule has 0 N–H and O–H groups in total. The number of aryl methyl sites for hydroxylation is 2. The maximum atomic E-state index is 5.55. The number of hydrogen-bond donors (Lipinski definition) is 0. The Morgan fingerprint density at radius 3 is 2.55 bits per heavy atom. The van der Waals surface area contributed by atoms with Crippen molar-refractivity contribution >= 4 is 12.2 Å². The molecule has 1 fully saturated rings. The molecule has 2 heterocycles. The Bertz CT molecular complexity index is 710. The average Bonchev–Trinajstić information content (AvgIpc) is 2.86. The number of benzene rings is 1. The molecule has 0 bridgehead atoms. The van der Waals surface area contributed by atoms with Gasteiger partial charge in [0.25, 0.3) is 0 Å². The van der Waals surface area contributed by atoms with Crippen LogP contribution in [0.25, 0.3) is 5.69 Å². The van der Waals surface area contributed by atoms with Gasteiger partial charge < -0.3 is 0 Å². The summed E-state index contributed by atoms with van der Waals surface area (Å²) < 4.78 is 4.22. The van der Waals surface area contributed by atoms with E-state index in [1.807, 2.05) is 10.7 Å². The Morgan fingerprint density at radius 1 is 1.14 bits per heavy atom. The first kappa shape index (κ1) is 15.4. The molecule has 1 aliphatic heterocycles. The van der Waals surface area contributed by atoms with Crippen LogP contribution in [0.1, 0.15) is 30.9 Å². The van der Waals surface area contributed by atoms with Crippen molar-refractivity contribution in [3.8, 4) is 5.69 Å². The molecule has 1 aliphatic rings. The van der Waals surface area contributed by atoms with Crippen LogP contribution in [-0.4, -0.2) is 37.8 Å². The van der Waals surface area contributed by atoms with Crippen molar-refractivity contribution in [1.82, 2.24) is 24.7 Å². The highest BCUT2D eigenvalue weighted by atomic mass is 32.1. The number of tetrazole rings is 1. The van der Waals surface area contributed by atoms with Crippen LogP contribution in [0.3, 0.4) is 0 Å². The van der Waals surface area contributed by atoms with Gasteiger partial charge in [0.05, 0.1) is 12.4 Å². The van der Waals surface area contributed by atoms with Crippen molar-refractivity contribution in [3.63, 3.8) is 0 Å². The van der Waals surface area contributed by atoms with E-state index in [4.69, 9.17) is 12.2 Å². The van der Waals surface area contributed by atoms with Gasteiger partial charge in [-0.2, -0.15) is 4.68 Å². The summed E-state index contributed by atoms with van der Waals surface area (Å²) in [4.78, 5) is 2.40. The van der Waals surface area contributed by atoms with Gasteiger partial charge in [-0.15, -0.1) is 0 Å². The van der Waals surface area contributed by atoms with Gasteiger partial charge in [0, 0.05) is 13.1 Å². The Morgan fingerprint density at radius 2 is 1.86 bits per heavy atom. The van der Waals surface area contributed by atoms with Gasteiger partial charge >= 0.3 is 0 Å². The van der Waals surface area contributed by atoms with E-state index in [-0.39, 0.29) is 0 Å². The van der Waals surface area contributed by atoms with Crippen molar-refractivity contribution in [2.45, 2.75) is 40.3 Å². The van der Waals surface area contributed by atoms with Crippen LogP contribution in [-0.2, 0) is 6.67 Å². The summed E-state index contributed by atoms with van der Waals surface area (Å²) in [6.07, 6.45) is 2.50. The average molecular weight is 317 g/mol. The van der Waals surface area contributed by atoms with Gasteiger partial charge in [-0.3, -0.25) is 4.90 Å². The van der Waals surface area contributed by atoms with Crippen LogP contribution in [0.15, 0.2) is 18.2 Å². The fourth-order valence-corrected chi connectivity index (χ4v) is 3.01. The summed E-state index contributed by atoms with van der Waals surface area (Å²) in [6, 6.07) is 6.24. The lowest BCUT2D eigenvalue weighted by Gasteiger charge is -2.29. The lowest BCUT2D eigenvalue weighted by molar-refractivity contribution is 0.145. The van der Waals surface area contributed by atoms with E-state index in [2.05, 4.69) is 48.2 Å². The molecule has 0 unspecified atom stereocenters. The number of hydrogen-bond acceptors (Lipinski definition) is 4. The third-order valence-electron chi connectivity index (χ3n) is 4.58. The van der Waals surface area contributed by atoms with Crippen LogP contribution >= 0.6 is 12.2 Å². The molecule has 22 heavy (non-hydrogen) atoms. The van der Waals surface area contributed by atoms with Crippen LogP contribution in [0.4, 0.5) is 0 Å². The van der Waals surface area contributed by atoms with Crippen molar-refractivity contribution in [3.05, 3.63) is 34.1 Å². The minimum atomic E-state index is 0.655. The summed E-state index contributed by atoms with van der Waals surface area (Å²) in [5.41, 5.74) is 3.48. The van der Waals surface area contributed by atoms with Gasteiger partial charge in [-0.1, -0.05) is 13.0 Å². The number of piperidine rings is 1. The standard InChI is InChI=1S/C16H23N5S/c1-12-6-8-19(9-7-12)11-20-16(22)21(18-17-20)15-5-4-13(2)14(3)10-15/h4-5,10,12H,6-9,11H2,1-3H3. The molecule has 1 aromatic heterocycles. The quantitative estimate of drug-likeness (QED) is 0.816. The summed E-state index contributed by atoms with van der Waals surface area (Å²) in [5, 5.41) is 8.48. The molecule has 3 rings (SSSR count). The van der Waals surface area contributed by atoms with Gasteiger partial charge in [0.15, 0.2) is 0 Å². The van der Waals surface area contributed by atoms with Crippen LogP contribution in [0, 0.1) is 24.5 Å². The van der Waals surface area contributed by atoms with E-state index in [0.29, 0.717) is 4.77 Å². The van der Waals surface area contributed by atoms with Crippen LogP contribution in [0.2, 0.25) is 0 Å². The minimum absolute atomic E-state index is 0.655. The zero-order valence-electron chi connectivity index (χ0n) is 13.5. The van der Waals surface area contributed by atoms with E-state index < -0.39 is 0 Å². The first-order chi connectivity index (χ1) is 10.5. The van der Waals surface area contributed by atoms with Gasteiger partial charge in [0.2, 0.25) is 4.77 Å². The smallest absolute Gasteiger partial charge is 0.221 e. The van der Waals surface area contributed by atoms with Crippen molar-refractivity contribution in [2.75, 3.05) is 13.1 Å². The molecule has 0 radical (unpaired) electrons. The third kappa shape index (κ3) is 3.13. The number of rotatable bonds is 3. The first-order valence-corrected chi connectivity index (χ1v) is 8.28. The number of nitrogens with zero attached hydrogens (tertiary/aromatic N) is 5. The zero-order chi connectivity index (χ0) is 15.7. The Balaban J connectivity index is 1.80. The molecular weight excluding hydrogens is 294 g/mol. The van der Waals surface area contributed by atoms with Crippen molar-refractivity contribution in [1.29, 1.82) is 0 Å². The number of likely N-dealkylation sites (tertiary alicyclic amines) is 1. The first-order valence-electron chi connectivity index (χ1n) is 7.87. The molecule has 0 atom stereocenters. The predicted octanol–water partition coefficient (Wildman–Crippen LogP) is 3.10. The van der Waals surface area contributed by atoms with Crippen molar-refractivity contribution in [2.24, 2.45) is 5.92 Å². The van der Waals surface area contributed by atoms with Gasteiger partial charge in [-0.05, 0) is 78.5 Å². The third-order valence-corrected chi connectivity index (χ3v) is 4.97. The maximum absolute atomic E-state index is 5.55. The lowest BCUT2D eigenvalue weighted by atomic mass is 10.00. The summed E-state index contributed by atoms with van der Waals surface area (Å²) in [5.74, 6) is 0.829. The highest BCUT2D eigenvalue weighted by Gasteiger charge is 2.17. The number of aromatic nitrogens is 4. The molecule has 0 aliphatic carbocycles. The summed E-state index contributed by atoms with van der Waals surface area (Å²) >= 11 is 5.55. The monoisotopic (exact) mass is 317 g/mol. The van der Waals surface area contributed by atoms with Gasteiger partial charge in [-0.25, -0.2) is 4.68 Å². The molecule has 1 aromatic carbocycles. The molecule has 0 spiro atoms. The Labute approximate surface area is 136 Å². The minimum Gasteiger partial charge on any atom is -0.284 e. The second kappa shape index (κ2) is 6.30. The molecular formula is C16H23N5S. The molecule has 1 saturated heterocycles. The highest BCUT2D eigenvalue weighted by Crippen LogP contribution is 2.17. The summed E-state index contributed by atoms with van der Waals surface area (Å²) in [6.45, 7) is 9.47. The van der Waals surface area contributed by atoms with E-state index in [1.165, 1.54) is 24.0 Å². The molecule has 118 valence electrons. The predicted molar refractivity (Wildman–Crippen MR) is 89.6 cm³/mol. The topological polar surface area (TPSA) is 38.9 Å². The van der Waals surface area contributed by atoms with Gasteiger partial charge in [0.1, 0.15) is 0 Å². The van der Waals surface area contributed by atoms with Crippen molar-refractivity contribution < 1.29 is 0 Å². The Hall–Kier alpha value is -1.53. The highest BCUT2D eigenvalue weighted by molar-refractivity contribution is 7.71. The summed E-state index contributed by atoms with van der Waals surface area (Å²) in [7, 11) is 0. The molecule has 5 nitrogen and oxygen atoms in total. The Kier molecular flexibility index (Phi) is 4.40. The molecule has 0 saturated carbocycles. The molecule has 2 aromatic rings. The normalized spacial score (nSPS) is 17.0.